The fraction of sp³-hybridized carbons (Fsp3) is 0.0500. The van der Waals surface area contributed by atoms with Gasteiger partial charge in [0.2, 0.25) is 0 Å². The Morgan fingerprint density at radius 1 is 1.04 bits per heavy atom. The van der Waals surface area contributed by atoms with Crippen molar-refractivity contribution in [3.63, 3.8) is 0 Å². The number of amides is 1. The lowest BCUT2D eigenvalue weighted by atomic mass is 10.0. The maximum Gasteiger partial charge on any atom is 0.418 e. The van der Waals surface area contributed by atoms with Crippen molar-refractivity contribution in [1.82, 2.24) is 0 Å². The van der Waals surface area contributed by atoms with Crippen LogP contribution in [-0.2, 0) is 11.0 Å². The van der Waals surface area contributed by atoms with Crippen LogP contribution in [0, 0.1) is 0 Å². The molecule has 0 fully saturated rings. The number of halogens is 4. The van der Waals surface area contributed by atoms with E-state index >= 15 is 0 Å². The van der Waals surface area contributed by atoms with Crippen LogP contribution in [0.4, 0.5) is 18.9 Å². The zero-order chi connectivity index (χ0) is 19.4. The normalized spacial score (nSPS) is 12.1. The molecule has 138 valence electrons. The minimum absolute atomic E-state index is 0.0743. The van der Waals surface area contributed by atoms with Gasteiger partial charge in [0.05, 0.1) is 23.1 Å². The van der Waals surface area contributed by atoms with Crippen LogP contribution < -0.4 is 5.32 Å². The van der Waals surface area contributed by atoms with E-state index in [1.807, 2.05) is 0 Å². The summed E-state index contributed by atoms with van der Waals surface area (Å²) in [4.78, 5) is 12.8. The van der Waals surface area contributed by atoms with Crippen molar-refractivity contribution in [3.8, 4) is 0 Å². The van der Waals surface area contributed by atoms with Crippen LogP contribution in [0.5, 0.6) is 0 Å². The highest BCUT2D eigenvalue weighted by Gasteiger charge is 2.34. The molecule has 3 rings (SSSR count). The molecular weight excluding hydrogens is 379 g/mol. The third-order valence-corrected chi connectivity index (χ3v) is 3.93. The summed E-state index contributed by atoms with van der Waals surface area (Å²) < 4.78 is 45.0. The number of benzene rings is 2. The summed E-state index contributed by atoms with van der Waals surface area (Å²) in [6.07, 6.45) is -1.76. The quantitative estimate of drug-likeness (QED) is 0.543. The van der Waals surface area contributed by atoms with Gasteiger partial charge in [-0.25, -0.2) is 0 Å². The third kappa shape index (κ3) is 4.60. The third-order valence-electron chi connectivity index (χ3n) is 3.69. The number of anilines is 1. The Balaban J connectivity index is 2.00. The highest BCUT2D eigenvalue weighted by molar-refractivity contribution is 6.31. The van der Waals surface area contributed by atoms with Gasteiger partial charge < -0.3 is 9.73 Å². The molecule has 0 bridgehead atoms. The van der Waals surface area contributed by atoms with Gasteiger partial charge in [-0.3, -0.25) is 4.79 Å². The van der Waals surface area contributed by atoms with Crippen LogP contribution in [0.25, 0.3) is 11.6 Å². The van der Waals surface area contributed by atoms with Crippen LogP contribution >= 0.6 is 11.6 Å². The highest BCUT2D eigenvalue weighted by atomic mass is 35.5. The van der Waals surface area contributed by atoms with Crippen LogP contribution in [0.3, 0.4) is 0 Å². The second-order valence-corrected chi connectivity index (χ2v) is 6.02. The Kier molecular flexibility index (Phi) is 5.37. The van der Waals surface area contributed by atoms with Crippen molar-refractivity contribution in [3.05, 3.63) is 88.8 Å². The van der Waals surface area contributed by atoms with Gasteiger partial charge in [-0.1, -0.05) is 41.9 Å². The molecule has 0 aliphatic heterocycles. The second-order valence-electron chi connectivity index (χ2n) is 5.58. The highest BCUT2D eigenvalue weighted by Crippen LogP contribution is 2.37. The Bertz CT molecular complexity index is 965. The molecule has 1 amide bonds. The van der Waals surface area contributed by atoms with Gasteiger partial charge in [0.15, 0.2) is 0 Å². The Morgan fingerprint density at radius 3 is 2.41 bits per heavy atom. The summed E-state index contributed by atoms with van der Waals surface area (Å²) in [5.41, 5.74) is -0.700. The summed E-state index contributed by atoms with van der Waals surface area (Å²) >= 11 is 5.68. The number of nitrogens with one attached hydrogen (secondary N) is 1. The number of furan rings is 1. The van der Waals surface area contributed by atoms with Gasteiger partial charge in [-0.2, -0.15) is 13.2 Å². The average molecular weight is 392 g/mol. The van der Waals surface area contributed by atoms with Gasteiger partial charge in [-0.05, 0) is 42.0 Å². The molecular formula is C20H13ClF3NO2. The van der Waals surface area contributed by atoms with E-state index in [1.54, 1.807) is 42.5 Å². The average Bonchev–Trinajstić information content (AvgIpc) is 3.14. The summed E-state index contributed by atoms with van der Waals surface area (Å²) in [6.45, 7) is 0. The van der Waals surface area contributed by atoms with E-state index in [0.717, 1.165) is 12.1 Å². The van der Waals surface area contributed by atoms with E-state index in [0.29, 0.717) is 11.3 Å². The molecule has 7 heteroatoms. The first-order valence-corrected chi connectivity index (χ1v) is 8.21. The molecule has 3 aromatic rings. The van der Waals surface area contributed by atoms with Crippen molar-refractivity contribution in [2.24, 2.45) is 0 Å². The summed E-state index contributed by atoms with van der Waals surface area (Å²) in [7, 11) is 0. The van der Waals surface area contributed by atoms with Crippen molar-refractivity contribution >= 4 is 34.8 Å². The molecule has 0 unspecified atom stereocenters. The molecule has 0 atom stereocenters. The first-order valence-electron chi connectivity index (χ1n) is 7.83. The second kappa shape index (κ2) is 7.72. The van der Waals surface area contributed by atoms with Crippen molar-refractivity contribution in [2.45, 2.75) is 6.18 Å². The molecule has 0 aliphatic rings. The predicted molar refractivity (Wildman–Crippen MR) is 98.1 cm³/mol. The lowest BCUT2D eigenvalue weighted by molar-refractivity contribution is -0.136. The predicted octanol–water partition coefficient (Wildman–Crippen LogP) is 6.13. The number of hydrogen-bond donors (Lipinski definition) is 1. The number of hydrogen-bond acceptors (Lipinski definition) is 2. The van der Waals surface area contributed by atoms with E-state index in [-0.39, 0.29) is 16.3 Å². The smallest absolute Gasteiger partial charge is 0.418 e. The van der Waals surface area contributed by atoms with E-state index in [2.05, 4.69) is 5.32 Å². The molecule has 0 saturated carbocycles. The van der Waals surface area contributed by atoms with Crippen molar-refractivity contribution < 1.29 is 22.4 Å². The SMILES string of the molecule is O=C(Nc1ccc(Cl)cc1C(F)(F)F)/C(=C/c1ccco1)c1ccccc1. The van der Waals surface area contributed by atoms with E-state index in [1.165, 1.54) is 18.4 Å². The van der Waals surface area contributed by atoms with Gasteiger partial charge in [-0.15, -0.1) is 0 Å². The largest absolute Gasteiger partial charge is 0.465 e. The Morgan fingerprint density at radius 2 is 1.78 bits per heavy atom. The van der Waals surface area contributed by atoms with E-state index < -0.39 is 17.6 Å². The first-order chi connectivity index (χ1) is 12.8. The number of carbonyl (C=O) groups is 1. The molecule has 2 aromatic carbocycles. The standard InChI is InChI=1S/C20H13ClF3NO2/c21-14-8-9-18(17(11-14)20(22,23)24)25-19(26)16(12-15-7-4-10-27-15)13-5-2-1-3-6-13/h1-12H,(H,25,26)/b16-12+. The van der Waals surface area contributed by atoms with Crippen LogP contribution in [0.1, 0.15) is 16.9 Å². The Hall–Kier alpha value is -2.99. The minimum atomic E-state index is -4.66. The zero-order valence-corrected chi connectivity index (χ0v) is 14.5. The number of alkyl halides is 3. The van der Waals surface area contributed by atoms with Gasteiger partial charge >= 0.3 is 6.18 Å². The van der Waals surface area contributed by atoms with Gasteiger partial charge in [0.25, 0.3) is 5.91 Å². The summed E-state index contributed by atoms with van der Waals surface area (Å²) in [5.74, 6) is -0.304. The summed E-state index contributed by atoms with van der Waals surface area (Å²) in [6, 6.07) is 15.0. The zero-order valence-electron chi connectivity index (χ0n) is 13.8. The fourth-order valence-corrected chi connectivity index (χ4v) is 2.64. The van der Waals surface area contributed by atoms with Crippen molar-refractivity contribution in [1.29, 1.82) is 0 Å². The van der Waals surface area contributed by atoms with Crippen LogP contribution in [-0.4, -0.2) is 5.91 Å². The first kappa shape index (κ1) is 18.8. The molecule has 0 radical (unpaired) electrons. The number of carbonyl (C=O) groups excluding carboxylic acids is 1. The monoisotopic (exact) mass is 391 g/mol. The van der Waals surface area contributed by atoms with Gasteiger partial charge in [0, 0.05) is 5.02 Å². The summed E-state index contributed by atoms with van der Waals surface area (Å²) in [5, 5.41) is 2.25. The maximum absolute atomic E-state index is 13.3. The molecule has 1 heterocycles. The molecule has 0 aliphatic carbocycles. The van der Waals surface area contributed by atoms with Gasteiger partial charge in [0.1, 0.15) is 5.76 Å². The fourth-order valence-electron chi connectivity index (χ4n) is 2.46. The lowest BCUT2D eigenvalue weighted by Gasteiger charge is -2.15. The molecule has 1 aromatic heterocycles. The number of rotatable bonds is 4. The van der Waals surface area contributed by atoms with E-state index in [9.17, 15) is 18.0 Å². The topological polar surface area (TPSA) is 42.2 Å². The molecule has 27 heavy (non-hydrogen) atoms. The molecule has 1 N–H and O–H groups in total. The van der Waals surface area contributed by atoms with E-state index in [4.69, 9.17) is 16.0 Å². The lowest BCUT2D eigenvalue weighted by Crippen LogP contribution is -2.17. The van der Waals surface area contributed by atoms with Crippen LogP contribution in [0.2, 0.25) is 5.02 Å². The Labute approximate surface area is 158 Å². The molecule has 3 nitrogen and oxygen atoms in total. The molecule has 0 saturated heterocycles. The van der Waals surface area contributed by atoms with Crippen molar-refractivity contribution in [2.75, 3.05) is 5.32 Å². The maximum atomic E-state index is 13.3. The minimum Gasteiger partial charge on any atom is -0.465 e. The molecule has 0 spiro atoms. The van der Waals surface area contributed by atoms with Crippen LogP contribution in [0.15, 0.2) is 71.3 Å².